The molecule has 4 bridgehead atoms. The molecule has 0 aromatic heterocycles. The number of halogens is 1. The van der Waals surface area contributed by atoms with Crippen LogP contribution in [-0.4, -0.2) is 11.6 Å². The second kappa shape index (κ2) is 5.22. The first kappa shape index (κ1) is 14.3. The van der Waals surface area contributed by atoms with Crippen molar-refractivity contribution in [3.8, 4) is 0 Å². The van der Waals surface area contributed by atoms with Gasteiger partial charge in [0.1, 0.15) is 0 Å². The monoisotopic (exact) mass is 330 g/mol. The van der Waals surface area contributed by atoms with Crippen LogP contribution < -0.4 is 5.48 Å². The van der Waals surface area contributed by atoms with Crippen LogP contribution in [0.3, 0.4) is 0 Å². The predicted molar refractivity (Wildman–Crippen MR) is 91.2 cm³/mol. The van der Waals surface area contributed by atoms with Gasteiger partial charge in [-0.3, -0.25) is 0 Å². The number of amidine groups is 1. The van der Waals surface area contributed by atoms with Gasteiger partial charge in [-0.15, -0.1) is 0 Å². The second-order valence-corrected chi connectivity index (χ2v) is 8.35. The molecule has 1 N–H and O–H groups in total. The summed E-state index contributed by atoms with van der Waals surface area (Å²) in [6, 6.07) is 7.87. The van der Waals surface area contributed by atoms with E-state index in [1.165, 1.54) is 44.9 Å². The summed E-state index contributed by atoms with van der Waals surface area (Å²) in [6.07, 6.45) is 9.32. The van der Waals surface area contributed by atoms with Crippen LogP contribution >= 0.6 is 11.6 Å². The molecule has 1 heterocycles. The largest absolute Gasteiger partial charge is 0.246 e. The minimum Gasteiger partial charge on any atom is -0.246 e. The molecule has 3 saturated carbocycles. The molecule has 1 aliphatic heterocycles. The molecule has 4 aliphatic rings. The maximum Gasteiger partial charge on any atom is 0.193 e. The van der Waals surface area contributed by atoms with E-state index in [1.54, 1.807) is 0 Å². The molecule has 2 atom stereocenters. The van der Waals surface area contributed by atoms with Crippen molar-refractivity contribution in [3.05, 3.63) is 34.9 Å². The fourth-order valence-corrected chi connectivity index (χ4v) is 5.70. The maximum absolute atomic E-state index is 6.26. The van der Waals surface area contributed by atoms with Crippen molar-refractivity contribution in [1.82, 2.24) is 5.48 Å². The highest BCUT2D eigenvalue weighted by molar-refractivity contribution is 6.30. The number of hydroxylamine groups is 1. The van der Waals surface area contributed by atoms with E-state index in [9.17, 15) is 0 Å². The zero-order valence-corrected chi connectivity index (χ0v) is 14.1. The number of nitrogens with zero attached hydrogens (tertiary/aromatic N) is 1. The van der Waals surface area contributed by atoms with Gasteiger partial charge in [0.25, 0.3) is 0 Å². The van der Waals surface area contributed by atoms with Gasteiger partial charge in [-0.2, -0.15) is 0 Å². The fourth-order valence-electron chi connectivity index (χ4n) is 5.57. The summed E-state index contributed by atoms with van der Waals surface area (Å²) < 4.78 is 0. The summed E-state index contributed by atoms with van der Waals surface area (Å²) in [4.78, 5) is 11.4. The number of benzene rings is 1. The van der Waals surface area contributed by atoms with Gasteiger partial charge in [-0.05, 0) is 81.0 Å². The number of hydrogen-bond acceptors (Lipinski definition) is 3. The predicted octanol–water partition coefficient (Wildman–Crippen LogP) is 4.55. The highest BCUT2D eigenvalue weighted by Gasteiger charge is 2.56. The molecular formula is C19H23ClN2O. The molecule has 122 valence electrons. The second-order valence-electron chi connectivity index (χ2n) is 7.91. The zero-order chi connectivity index (χ0) is 15.4. The van der Waals surface area contributed by atoms with Gasteiger partial charge in [-0.1, -0.05) is 11.6 Å². The lowest BCUT2D eigenvalue weighted by Crippen LogP contribution is -2.49. The SMILES string of the molecule is Clc1ccc(C2=NC3(ON2)C2CCC4CCC3CC(C4)C2)cc1. The van der Waals surface area contributed by atoms with E-state index in [2.05, 4.69) is 5.48 Å². The van der Waals surface area contributed by atoms with Gasteiger partial charge in [0.2, 0.25) is 0 Å². The van der Waals surface area contributed by atoms with Crippen LogP contribution in [0.25, 0.3) is 0 Å². The summed E-state index contributed by atoms with van der Waals surface area (Å²) >= 11 is 6.01. The first-order chi connectivity index (χ1) is 11.2. The van der Waals surface area contributed by atoms with Crippen molar-refractivity contribution >= 4 is 17.4 Å². The van der Waals surface area contributed by atoms with Gasteiger partial charge in [0.05, 0.1) is 0 Å². The van der Waals surface area contributed by atoms with Gasteiger partial charge in [-0.25, -0.2) is 15.3 Å². The van der Waals surface area contributed by atoms with Gasteiger partial charge in [0.15, 0.2) is 11.6 Å². The van der Waals surface area contributed by atoms with Crippen LogP contribution in [0.1, 0.15) is 50.5 Å². The molecule has 2 unspecified atom stereocenters. The molecule has 0 amide bonds. The Morgan fingerprint density at radius 3 is 2.35 bits per heavy atom. The Balaban J connectivity index is 1.53. The van der Waals surface area contributed by atoms with Crippen LogP contribution in [0.4, 0.5) is 0 Å². The Hall–Kier alpha value is -1.06. The first-order valence-electron chi connectivity index (χ1n) is 9.03. The average Bonchev–Trinajstić information content (AvgIpc) is 2.81. The summed E-state index contributed by atoms with van der Waals surface area (Å²) in [7, 11) is 0. The van der Waals surface area contributed by atoms with Crippen LogP contribution in [0, 0.1) is 23.7 Å². The minimum atomic E-state index is -0.319. The lowest BCUT2D eigenvalue weighted by Gasteiger charge is -2.45. The van der Waals surface area contributed by atoms with Crippen molar-refractivity contribution in [2.24, 2.45) is 28.7 Å². The smallest absolute Gasteiger partial charge is 0.193 e. The Morgan fingerprint density at radius 1 is 0.957 bits per heavy atom. The van der Waals surface area contributed by atoms with Crippen molar-refractivity contribution in [1.29, 1.82) is 0 Å². The van der Waals surface area contributed by atoms with Crippen LogP contribution in [0.2, 0.25) is 5.02 Å². The summed E-state index contributed by atoms with van der Waals surface area (Å²) in [6.45, 7) is 0. The molecule has 5 rings (SSSR count). The van der Waals surface area contributed by atoms with E-state index >= 15 is 0 Å². The molecule has 23 heavy (non-hydrogen) atoms. The van der Waals surface area contributed by atoms with Crippen LogP contribution in [0.15, 0.2) is 29.3 Å². The fraction of sp³-hybridized carbons (Fsp3) is 0.632. The quantitative estimate of drug-likeness (QED) is 0.819. The molecule has 1 aromatic carbocycles. The molecule has 1 aromatic rings. The molecule has 3 aliphatic carbocycles. The number of rotatable bonds is 1. The third-order valence-electron chi connectivity index (χ3n) is 6.63. The number of nitrogens with one attached hydrogen (secondary N) is 1. The minimum absolute atomic E-state index is 0.319. The third-order valence-corrected chi connectivity index (χ3v) is 6.89. The number of aliphatic imine (C=N–C) groups is 1. The Labute approximate surface area is 142 Å². The van der Waals surface area contributed by atoms with E-state index in [-0.39, 0.29) is 5.72 Å². The van der Waals surface area contributed by atoms with E-state index in [0.29, 0.717) is 11.8 Å². The standard InChI is InChI=1S/C19H23ClN2O/c20-17-7-3-14(4-8-17)18-21-19(23-22-18)15-5-1-12-2-6-16(19)11-13(9-12)10-15/h3-4,7-8,12-13,15-16H,1-2,5-6,9-11H2,(H,21,22). The third kappa shape index (κ3) is 2.24. The first-order valence-corrected chi connectivity index (χ1v) is 9.40. The van der Waals surface area contributed by atoms with Crippen molar-refractivity contribution in [2.75, 3.05) is 0 Å². The normalized spacial score (nSPS) is 41.5. The number of hydrogen-bond donors (Lipinski definition) is 1. The van der Waals surface area contributed by atoms with Crippen LogP contribution in [-0.2, 0) is 4.84 Å². The highest BCUT2D eigenvalue weighted by atomic mass is 35.5. The Morgan fingerprint density at radius 2 is 1.65 bits per heavy atom. The molecule has 0 saturated heterocycles. The molecule has 3 nitrogen and oxygen atoms in total. The summed E-state index contributed by atoms with van der Waals surface area (Å²) in [5.41, 5.74) is 3.91. The average molecular weight is 331 g/mol. The van der Waals surface area contributed by atoms with Gasteiger partial charge >= 0.3 is 0 Å². The maximum atomic E-state index is 6.26. The zero-order valence-electron chi connectivity index (χ0n) is 13.3. The lowest BCUT2D eigenvalue weighted by atomic mass is 9.67. The van der Waals surface area contributed by atoms with Crippen molar-refractivity contribution < 1.29 is 4.84 Å². The Kier molecular flexibility index (Phi) is 3.24. The summed E-state index contributed by atoms with van der Waals surface area (Å²) in [5.74, 6) is 3.90. The van der Waals surface area contributed by atoms with Gasteiger partial charge in [0, 0.05) is 22.4 Å². The van der Waals surface area contributed by atoms with Crippen molar-refractivity contribution in [2.45, 2.75) is 50.7 Å². The van der Waals surface area contributed by atoms with E-state index in [0.717, 1.165) is 28.3 Å². The topological polar surface area (TPSA) is 33.6 Å². The Bertz CT molecular complexity index is 623. The summed E-state index contributed by atoms with van der Waals surface area (Å²) in [5, 5.41) is 0.755. The molecule has 0 radical (unpaired) electrons. The van der Waals surface area contributed by atoms with E-state index in [4.69, 9.17) is 21.4 Å². The van der Waals surface area contributed by atoms with Crippen LogP contribution in [0.5, 0.6) is 0 Å². The number of fused-ring (bicyclic) bond motifs is 5. The molecule has 4 heteroatoms. The molecular weight excluding hydrogens is 308 g/mol. The highest BCUT2D eigenvalue weighted by Crippen LogP contribution is 2.56. The van der Waals surface area contributed by atoms with Gasteiger partial charge < -0.3 is 0 Å². The van der Waals surface area contributed by atoms with E-state index < -0.39 is 0 Å². The van der Waals surface area contributed by atoms with E-state index in [1.807, 2.05) is 24.3 Å². The molecule has 3 fully saturated rings. The lowest BCUT2D eigenvalue weighted by molar-refractivity contribution is -0.159. The molecule has 1 spiro atoms. The van der Waals surface area contributed by atoms with Crippen molar-refractivity contribution in [3.63, 3.8) is 0 Å².